The summed E-state index contributed by atoms with van der Waals surface area (Å²) in [4.78, 5) is 13.8. The average Bonchev–Trinajstić information content (AvgIpc) is 2.77. The van der Waals surface area contributed by atoms with Crippen molar-refractivity contribution in [2.24, 2.45) is 5.92 Å². The van der Waals surface area contributed by atoms with Gasteiger partial charge < -0.3 is 9.64 Å². The van der Waals surface area contributed by atoms with Crippen LogP contribution >= 0.6 is 0 Å². The first-order valence-corrected chi connectivity index (χ1v) is 12.1. The summed E-state index contributed by atoms with van der Waals surface area (Å²) in [5.41, 5.74) is -0.907. The number of halogens is 6. The predicted molar refractivity (Wildman–Crippen MR) is 114 cm³/mol. The maximum Gasteiger partial charge on any atom is 0.573 e. The highest BCUT2D eigenvalue weighted by Crippen LogP contribution is 2.39. The number of likely N-dealkylation sites (tertiary alicyclic amines) is 1. The number of ether oxygens (including phenoxy) is 1. The Morgan fingerprint density at radius 1 is 0.943 bits per heavy atom. The largest absolute Gasteiger partial charge is 0.573 e. The Morgan fingerprint density at radius 2 is 1.51 bits per heavy atom. The highest BCUT2D eigenvalue weighted by molar-refractivity contribution is 7.92. The van der Waals surface area contributed by atoms with Gasteiger partial charge in [0.25, 0.3) is 5.91 Å². The molecule has 0 unspecified atom stereocenters. The Balaban J connectivity index is 1.70. The van der Waals surface area contributed by atoms with Gasteiger partial charge in [0.1, 0.15) is 5.75 Å². The van der Waals surface area contributed by atoms with Crippen LogP contribution in [-0.4, -0.2) is 43.4 Å². The van der Waals surface area contributed by atoms with E-state index in [1.807, 2.05) is 0 Å². The smallest absolute Gasteiger partial charge is 0.406 e. The van der Waals surface area contributed by atoms with Crippen LogP contribution in [0.5, 0.6) is 5.75 Å². The van der Waals surface area contributed by atoms with Gasteiger partial charge in [-0.05, 0) is 75.1 Å². The molecule has 0 radical (unpaired) electrons. The second-order valence-corrected chi connectivity index (χ2v) is 11.3. The molecule has 0 saturated carbocycles. The van der Waals surface area contributed by atoms with E-state index in [0.29, 0.717) is 6.07 Å². The summed E-state index contributed by atoms with van der Waals surface area (Å²) in [5.74, 6) is -1.33. The first-order valence-electron chi connectivity index (χ1n) is 10.6. The number of benzene rings is 2. The average molecular weight is 523 g/mol. The standard InChI is InChI=1S/C23H23F6NO4S/c1-21(2,35(32,33)19-5-3-4-17(14-19)22(24,25)26)16-10-12-30(13-11-16)20(31)15-6-8-18(9-7-15)34-23(27,28)29/h3-9,14,16H,10-13H2,1-2H3. The quantitative estimate of drug-likeness (QED) is 0.471. The summed E-state index contributed by atoms with van der Waals surface area (Å²) in [7, 11) is -4.14. The minimum atomic E-state index is -4.85. The number of piperidine rings is 1. The molecule has 2 aromatic carbocycles. The van der Waals surface area contributed by atoms with Crippen molar-refractivity contribution in [3.8, 4) is 5.75 Å². The van der Waals surface area contributed by atoms with Crippen molar-refractivity contribution < 1.29 is 44.3 Å². The van der Waals surface area contributed by atoms with Crippen molar-refractivity contribution in [3.05, 3.63) is 59.7 Å². The number of rotatable bonds is 5. The van der Waals surface area contributed by atoms with Gasteiger partial charge in [-0.3, -0.25) is 4.79 Å². The van der Waals surface area contributed by atoms with E-state index in [1.165, 1.54) is 30.9 Å². The van der Waals surface area contributed by atoms with Gasteiger partial charge in [-0.1, -0.05) is 6.07 Å². The van der Waals surface area contributed by atoms with E-state index in [2.05, 4.69) is 4.74 Å². The van der Waals surface area contributed by atoms with E-state index in [0.717, 1.165) is 30.3 Å². The molecule has 0 bridgehead atoms. The van der Waals surface area contributed by atoms with Crippen molar-refractivity contribution in [3.63, 3.8) is 0 Å². The van der Waals surface area contributed by atoms with Crippen LogP contribution in [0.25, 0.3) is 0 Å². The molecular weight excluding hydrogens is 500 g/mol. The number of amides is 1. The molecule has 0 aromatic heterocycles. The maximum absolute atomic E-state index is 13.3. The second-order valence-electron chi connectivity index (χ2n) is 8.77. The highest BCUT2D eigenvalue weighted by Gasteiger charge is 2.45. The van der Waals surface area contributed by atoms with Gasteiger partial charge in [0.15, 0.2) is 9.84 Å². The molecule has 1 fully saturated rings. The minimum absolute atomic E-state index is 0.147. The number of sulfone groups is 1. The fourth-order valence-electron chi connectivity index (χ4n) is 4.12. The summed E-state index contributed by atoms with van der Waals surface area (Å²) in [6, 6.07) is 8.08. The molecule has 0 aliphatic carbocycles. The van der Waals surface area contributed by atoms with E-state index < -0.39 is 55.2 Å². The van der Waals surface area contributed by atoms with Crippen molar-refractivity contribution in [2.45, 2.75) is 48.9 Å². The van der Waals surface area contributed by atoms with E-state index in [9.17, 15) is 39.6 Å². The normalized spacial score (nSPS) is 16.3. The first kappa shape index (κ1) is 26.8. The Labute approximate surface area is 198 Å². The molecule has 0 spiro atoms. The molecule has 1 saturated heterocycles. The molecule has 192 valence electrons. The molecule has 12 heteroatoms. The fourth-order valence-corrected chi connectivity index (χ4v) is 5.94. The van der Waals surface area contributed by atoms with E-state index in [4.69, 9.17) is 0 Å². The molecule has 5 nitrogen and oxygen atoms in total. The van der Waals surface area contributed by atoms with Crippen LogP contribution in [0.4, 0.5) is 26.3 Å². The van der Waals surface area contributed by atoms with E-state index >= 15 is 0 Å². The molecule has 1 aliphatic rings. The zero-order valence-corrected chi connectivity index (χ0v) is 19.6. The lowest BCUT2D eigenvalue weighted by Crippen LogP contribution is -2.47. The Morgan fingerprint density at radius 3 is 2.03 bits per heavy atom. The van der Waals surface area contributed by atoms with E-state index in [1.54, 1.807) is 0 Å². The molecule has 1 aliphatic heterocycles. The van der Waals surface area contributed by atoms with Gasteiger partial charge in [-0.2, -0.15) is 13.2 Å². The minimum Gasteiger partial charge on any atom is -0.406 e. The van der Waals surface area contributed by atoms with Crippen LogP contribution in [0.15, 0.2) is 53.4 Å². The lowest BCUT2D eigenvalue weighted by Gasteiger charge is -2.40. The van der Waals surface area contributed by atoms with Crippen molar-refractivity contribution in [2.75, 3.05) is 13.1 Å². The van der Waals surface area contributed by atoms with E-state index in [-0.39, 0.29) is 31.5 Å². The van der Waals surface area contributed by atoms with Crippen molar-refractivity contribution >= 4 is 15.7 Å². The third kappa shape index (κ3) is 5.91. The summed E-state index contributed by atoms with van der Waals surface area (Å²) in [5, 5.41) is 0. The highest BCUT2D eigenvalue weighted by atomic mass is 32.2. The van der Waals surface area contributed by atoms with Gasteiger partial charge in [-0.25, -0.2) is 8.42 Å². The van der Waals surface area contributed by atoms with Gasteiger partial charge in [0, 0.05) is 18.7 Å². The first-order chi connectivity index (χ1) is 16.0. The summed E-state index contributed by atoms with van der Waals surface area (Å²) in [6.07, 6.45) is -8.97. The third-order valence-electron chi connectivity index (χ3n) is 6.26. The van der Waals surface area contributed by atoms with Gasteiger partial charge in [-0.15, -0.1) is 13.2 Å². The molecule has 2 aromatic rings. The number of hydrogen-bond donors (Lipinski definition) is 0. The van der Waals surface area contributed by atoms with Crippen molar-refractivity contribution in [1.29, 1.82) is 0 Å². The van der Waals surface area contributed by atoms with Gasteiger partial charge in [0.05, 0.1) is 15.2 Å². The molecule has 1 heterocycles. The zero-order chi connectivity index (χ0) is 26.2. The zero-order valence-electron chi connectivity index (χ0n) is 18.8. The Hall–Kier alpha value is -2.76. The SMILES string of the molecule is CC(C)(C1CCN(C(=O)c2ccc(OC(F)(F)F)cc2)CC1)S(=O)(=O)c1cccc(C(F)(F)F)c1. The number of alkyl halides is 6. The molecular formula is C23H23F6NO4S. The lowest BCUT2D eigenvalue weighted by atomic mass is 9.85. The number of hydrogen-bond acceptors (Lipinski definition) is 4. The molecule has 0 atom stereocenters. The van der Waals surface area contributed by atoms with Crippen LogP contribution in [0.1, 0.15) is 42.6 Å². The summed E-state index contributed by atoms with van der Waals surface area (Å²) in [6.45, 7) is 3.30. The van der Waals surface area contributed by atoms with Crippen LogP contribution in [-0.2, 0) is 16.0 Å². The van der Waals surface area contributed by atoms with Crippen LogP contribution < -0.4 is 4.74 Å². The van der Waals surface area contributed by atoms with Crippen LogP contribution in [0.2, 0.25) is 0 Å². The monoisotopic (exact) mass is 523 g/mol. The maximum atomic E-state index is 13.3. The van der Waals surface area contributed by atoms with Crippen LogP contribution in [0.3, 0.4) is 0 Å². The Kier molecular flexibility index (Phi) is 7.18. The molecule has 35 heavy (non-hydrogen) atoms. The summed E-state index contributed by atoms with van der Waals surface area (Å²) < 4.78 is 105. The van der Waals surface area contributed by atoms with Gasteiger partial charge >= 0.3 is 12.5 Å². The number of carbonyl (C=O) groups is 1. The second kappa shape index (κ2) is 9.36. The summed E-state index contributed by atoms with van der Waals surface area (Å²) >= 11 is 0. The van der Waals surface area contributed by atoms with Crippen LogP contribution in [0, 0.1) is 5.92 Å². The number of carbonyl (C=O) groups excluding carboxylic acids is 1. The lowest BCUT2D eigenvalue weighted by molar-refractivity contribution is -0.274. The van der Waals surface area contributed by atoms with Gasteiger partial charge in [0.2, 0.25) is 0 Å². The Bertz CT molecular complexity index is 1170. The predicted octanol–water partition coefficient (Wildman–Crippen LogP) is 5.71. The van der Waals surface area contributed by atoms with Crippen molar-refractivity contribution in [1.82, 2.24) is 4.90 Å². The third-order valence-corrected chi connectivity index (χ3v) is 8.86. The number of nitrogens with zero attached hydrogens (tertiary/aromatic N) is 1. The molecule has 1 amide bonds. The topological polar surface area (TPSA) is 63.7 Å². The fraction of sp³-hybridized carbons (Fsp3) is 0.435. The molecule has 0 N–H and O–H groups in total. The molecule has 3 rings (SSSR count).